The van der Waals surface area contributed by atoms with E-state index in [1.165, 1.54) is 0 Å². The van der Waals surface area contributed by atoms with Gasteiger partial charge in [0, 0.05) is 6.20 Å². The molecule has 5 nitrogen and oxygen atoms in total. The van der Waals surface area contributed by atoms with Crippen molar-refractivity contribution >= 4 is 11.8 Å². The molecule has 0 amide bonds. The Kier molecular flexibility index (Phi) is 2.22. The molecule has 0 atom stereocenters. The topological polar surface area (TPSA) is 67.3 Å². The molecule has 2 aromatic rings. The number of H-pyrrole nitrogens is 1. The molecular formula is C7H7N5S. The van der Waals surface area contributed by atoms with Crippen molar-refractivity contribution in [3.05, 3.63) is 18.3 Å². The van der Waals surface area contributed by atoms with E-state index in [9.17, 15) is 0 Å². The van der Waals surface area contributed by atoms with Gasteiger partial charge in [0.2, 0.25) is 5.82 Å². The highest BCUT2D eigenvalue weighted by molar-refractivity contribution is 7.98. The number of aromatic amines is 1. The van der Waals surface area contributed by atoms with E-state index in [-0.39, 0.29) is 0 Å². The molecule has 2 aromatic heterocycles. The van der Waals surface area contributed by atoms with Gasteiger partial charge in [-0.05, 0) is 23.6 Å². The zero-order valence-electron chi connectivity index (χ0n) is 6.93. The fourth-order valence-corrected chi connectivity index (χ4v) is 1.55. The molecule has 13 heavy (non-hydrogen) atoms. The molecule has 6 heteroatoms. The summed E-state index contributed by atoms with van der Waals surface area (Å²) in [7, 11) is 0. The van der Waals surface area contributed by atoms with Gasteiger partial charge < -0.3 is 0 Å². The average Bonchev–Trinajstić information content (AvgIpc) is 2.70. The maximum absolute atomic E-state index is 4.19. The maximum atomic E-state index is 4.19. The summed E-state index contributed by atoms with van der Waals surface area (Å²) >= 11 is 1.56. The van der Waals surface area contributed by atoms with Gasteiger partial charge in [0.25, 0.3) is 0 Å². The first-order valence-corrected chi connectivity index (χ1v) is 4.87. The van der Waals surface area contributed by atoms with Crippen LogP contribution in [0.5, 0.6) is 0 Å². The standard InChI is InChI=1S/C7H7N5S/c1-13-7-5(3-2-4-8-7)6-9-11-12-10-6/h2-4H,1H3,(H,9,10,11,12). The number of tetrazole rings is 1. The van der Waals surface area contributed by atoms with E-state index < -0.39 is 0 Å². The van der Waals surface area contributed by atoms with Crippen LogP contribution in [0, 0.1) is 0 Å². The number of rotatable bonds is 2. The van der Waals surface area contributed by atoms with Gasteiger partial charge in [-0.3, -0.25) is 0 Å². The van der Waals surface area contributed by atoms with Crippen molar-refractivity contribution in [1.82, 2.24) is 25.6 Å². The van der Waals surface area contributed by atoms with Crippen molar-refractivity contribution in [3.8, 4) is 11.4 Å². The largest absolute Gasteiger partial charge is 0.249 e. The van der Waals surface area contributed by atoms with Gasteiger partial charge in [0.05, 0.1) is 5.56 Å². The molecular weight excluding hydrogens is 186 g/mol. The highest BCUT2D eigenvalue weighted by atomic mass is 32.2. The van der Waals surface area contributed by atoms with Gasteiger partial charge in [-0.1, -0.05) is 0 Å². The van der Waals surface area contributed by atoms with Gasteiger partial charge in [-0.25, -0.2) is 4.98 Å². The molecule has 66 valence electrons. The Morgan fingerprint density at radius 3 is 3.08 bits per heavy atom. The molecule has 0 aliphatic heterocycles. The fraction of sp³-hybridized carbons (Fsp3) is 0.143. The molecule has 0 radical (unpaired) electrons. The van der Waals surface area contributed by atoms with Crippen LogP contribution in [0.3, 0.4) is 0 Å². The van der Waals surface area contributed by atoms with Gasteiger partial charge in [0.1, 0.15) is 5.03 Å². The van der Waals surface area contributed by atoms with Crippen molar-refractivity contribution in [2.75, 3.05) is 6.26 Å². The zero-order chi connectivity index (χ0) is 9.10. The molecule has 2 heterocycles. The number of pyridine rings is 1. The van der Waals surface area contributed by atoms with Crippen LogP contribution in [-0.2, 0) is 0 Å². The van der Waals surface area contributed by atoms with E-state index in [1.54, 1.807) is 18.0 Å². The number of aromatic nitrogens is 5. The lowest BCUT2D eigenvalue weighted by molar-refractivity contribution is 0.881. The van der Waals surface area contributed by atoms with E-state index in [0.717, 1.165) is 10.6 Å². The number of hydrogen-bond donors (Lipinski definition) is 1. The van der Waals surface area contributed by atoms with E-state index in [0.29, 0.717) is 5.82 Å². The third-order valence-corrected chi connectivity index (χ3v) is 2.26. The fourth-order valence-electron chi connectivity index (χ4n) is 1.000. The molecule has 0 unspecified atom stereocenters. The van der Waals surface area contributed by atoms with Crippen LogP contribution in [-0.4, -0.2) is 31.9 Å². The first kappa shape index (κ1) is 8.18. The Labute approximate surface area is 79.0 Å². The molecule has 0 aliphatic carbocycles. The number of nitrogens with zero attached hydrogens (tertiary/aromatic N) is 4. The monoisotopic (exact) mass is 193 g/mol. The van der Waals surface area contributed by atoms with E-state index in [4.69, 9.17) is 0 Å². The Bertz CT molecular complexity index is 386. The van der Waals surface area contributed by atoms with Crippen LogP contribution in [0.15, 0.2) is 23.4 Å². The highest BCUT2D eigenvalue weighted by Crippen LogP contribution is 2.23. The summed E-state index contributed by atoms with van der Waals surface area (Å²) in [6.45, 7) is 0. The molecule has 0 saturated carbocycles. The molecule has 0 bridgehead atoms. The van der Waals surface area contributed by atoms with Crippen LogP contribution in [0.2, 0.25) is 0 Å². The molecule has 0 aromatic carbocycles. The molecule has 1 N–H and O–H groups in total. The van der Waals surface area contributed by atoms with Crippen molar-refractivity contribution in [3.63, 3.8) is 0 Å². The molecule has 0 aliphatic rings. The van der Waals surface area contributed by atoms with Gasteiger partial charge >= 0.3 is 0 Å². The second kappa shape index (κ2) is 3.53. The molecule has 2 rings (SSSR count). The summed E-state index contributed by atoms with van der Waals surface area (Å²) in [6.07, 6.45) is 3.71. The SMILES string of the molecule is CSc1ncccc1-c1nn[nH]n1. The maximum Gasteiger partial charge on any atom is 0.207 e. The molecule has 0 spiro atoms. The van der Waals surface area contributed by atoms with Crippen LogP contribution in [0.25, 0.3) is 11.4 Å². The Morgan fingerprint density at radius 1 is 1.46 bits per heavy atom. The summed E-state index contributed by atoms with van der Waals surface area (Å²) < 4.78 is 0. The molecule has 0 fully saturated rings. The first-order valence-electron chi connectivity index (χ1n) is 3.64. The Balaban J connectivity index is 2.51. The van der Waals surface area contributed by atoms with Crippen molar-refractivity contribution in [1.29, 1.82) is 0 Å². The molecule has 0 saturated heterocycles. The summed E-state index contributed by atoms with van der Waals surface area (Å²) in [5.41, 5.74) is 0.906. The first-order chi connectivity index (χ1) is 6.42. The average molecular weight is 193 g/mol. The minimum Gasteiger partial charge on any atom is -0.249 e. The van der Waals surface area contributed by atoms with Crippen molar-refractivity contribution in [2.45, 2.75) is 5.03 Å². The summed E-state index contributed by atoms with van der Waals surface area (Å²) in [5.74, 6) is 0.581. The highest BCUT2D eigenvalue weighted by Gasteiger charge is 2.08. The van der Waals surface area contributed by atoms with Crippen LogP contribution in [0.1, 0.15) is 0 Å². The summed E-state index contributed by atoms with van der Waals surface area (Å²) in [5, 5.41) is 14.6. The van der Waals surface area contributed by atoms with Crippen LogP contribution in [0.4, 0.5) is 0 Å². The minimum atomic E-state index is 0.581. The van der Waals surface area contributed by atoms with Crippen molar-refractivity contribution < 1.29 is 0 Å². The smallest absolute Gasteiger partial charge is 0.207 e. The number of thioether (sulfide) groups is 1. The van der Waals surface area contributed by atoms with Gasteiger partial charge in [0.15, 0.2) is 0 Å². The predicted octanol–water partition coefficient (Wildman–Crippen LogP) is 0.984. The third-order valence-electron chi connectivity index (χ3n) is 1.55. The number of hydrogen-bond acceptors (Lipinski definition) is 5. The second-order valence-electron chi connectivity index (χ2n) is 2.30. The minimum absolute atomic E-state index is 0.581. The van der Waals surface area contributed by atoms with E-state index in [2.05, 4.69) is 25.6 Å². The van der Waals surface area contributed by atoms with E-state index >= 15 is 0 Å². The lowest BCUT2D eigenvalue weighted by atomic mass is 10.3. The summed E-state index contributed by atoms with van der Waals surface area (Å²) in [6, 6.07) is 3.77. The quantitative estimate of drug-likeness (QED) is 0.720. The Hall–Kier alpha value is -1.43. The lowest BCUT2D eigenvalue weighted by Crippen LogP contribution is -1.87. The number of nitrogens with one attached hydrogen (secondary N) is 1. The predicted molar refractivity (Wildman–Crippen MR) is 49.2 cm³/mol. The van der Waals surface area contributed by atoms with Crippen LogP contribution < -0.4 is 0 Å². The van der Waals surface area contributed by atoms with Crippen LogP contribution >= 0.6 is 11.8 Å². The van der Waals surface area contributed by atoms with Crippen molar-refractivity contribution in [2.24, 2.45) is 0 Å². The third kappa shape index (κ3) is 1.52. The second-order valence-corrected chi connectivity index (χ2v) is 3.09. The lowest BCUT2D eigenvalue weighted by Gasteiger charge is -1.99. The van der Waals surface area contributed by atoms with Gasteiger partial charge in [-0.15, -0.1) is 22.0 Å². The summed E-state index contributed by atoms with van der Waals surface area (Å²) in [4.78, 5) is 4.19. The Morgan fingerprint density at radius 2 is 2.38 bits per heavy atom. The van der Waals surface area contributed by atoms with Gasteiger partial charge in [-0.2, -0.15) is 5.21 Å². The normalized spacial score (nSPS) is 10.2. The van der Waals surface area contributed by atoms with E-state index in [1.807, 2.05) is 18.4 Å². The zero-order valence-corrected chi connectivity index (χ0v) is 7.75.